The summed E-state index contributed by atoms with van der Waals surface area (Å²) in [7, 11) is -6.66. The number of benzene rings is 2. The van der Waals surface area contributed by atoms with Crippen LogP contribution in [0.4, 0.5) is 13.2 Å². The second kappa shape index (κ2) is 10.9. The molecule has 1 aliphatic rings. The van der Waals surface area contributed by atoms with Crippen LogP contribution in [-0.2, 0) is 37.5 Å². The van der Waals surface area contributed by atoms with E-state index in [0.29, 0.717) is 30.5 Å². The van der Waals surface area contributed by atoms with Crippen LogP contribution >= 0.6 is 0 Å². The van der Waals surface area contributed by atoms with Crippen LogP contribution in [0.3, 0.4) is 0 Å². The van der Waals surface area contributed by atoms with E-state index in [1.54, 1.807) is 12.1 Å². The average Bonchev–Trinajstić information content (AvgIpc) is 2.86. The molecule has 1 saturated heterocycles. The Labute approximate surface area is 208 Å². The summed E-state index contributed by atoms with van der Waals surface area (Å²) in [4.78, 5) is 11.4. The molecular formula is C23H27F3N2O6S2. The predicted octanol–water partition coefficient (Wildman–Crippen LogP) is 3.50. The van der Waals surface area contributed by atoms with Crippen LogP contribution in [0, 0.1) is 0 Å². The maximum absolute atomic E-state index is 13.6. The lowest BCUT2D eigenvalue weighted by molar-refractivity contribution is -0.137. The van der Waals surface area contributed by atoms with Gasteiger partial charge in [-0.3, -0.25) is 0 Å². The third-order valence-electron chi connectivity index (χ3n) is 6.03. The molecule has 0 amide bonds. The van der Waals surface area contributed by atoms with Gasteiger partial charge in [-0.05, 0) is 61.7 Å². The zero-order chi connectivity index (χ0) is 26.7. The maximum Gasteiger partial charge on any atom is 0.416 e. The molecule has 0 spiro atoms. The number of piperidine rings is 1. The number of carbonyl (C=O) groups excluding carboxylic acids is 1. The van der Waals surface area contributed by atoms with Crippen molar-refractivity contribution in [2.75, 3.05) is 26.0 Å². The molecule has 1 atom stereocenters. The molecule has 0 aliphatic carbocycles. The largest absolute Gasteiger partial charge is 0.465 e. The van der Waals surface area contributed by atoms with Crippen LogP contribution in [0.1, 0.15) is 41.3 Å². The number of methoxy groups -OCH3 is 1. The van der Waals surface area contributed by atoms with Gasteiger partial charge in [-0.1, -0.05) is 12.1 Å². The maximum atomic E-state index is 13.6. The Morgan fingerprint density at radius 1 is 1.06 bits per heavy atom. The zero-order valence-electron chi connectivity index (χ0n) is 19.7. The van der Waals surface area contributed by atoms with Gasteiger partial charge in [0.2, 0.25) is 20.0 Å². The average molecular weight is 549 g/mol. The molecule has 2 aromatic rings. The van der Waals surface area contributed by atoms with Gasteiger partial charge < -0.3 is 4.74 Å². The van der Waals surface area contributed by atoms with Crippen molar-refractivity contribution in [2.24, 2.45) is 0 Å². The fraction of sp³-hybridized carbons (Fsp3) is 0.435. The van der Waals surface area contributed by atoms with Crippen LogP contribution in [0.5, 0.6) is 0 Å². The highest BCUT2D eigenvalue weighted by molar-refractivity contribution is 7.89. The molecule has 8 nitrogen and oxygen atoms in total. The lowest BCUT2D eigenvalue weighted by Crippen LogP contribution is -2.51. The van der Waals surface area contributed by atoms with Gasteiger partial charge in [0.25, 0.3) is 0 Å². The zero-order valence-corrected chi connectivity index (χ0v) is 21.4. The summed E-state index contributed by atoms with van der Waals surface area (Å²) in [5, 5.41) is 0. The molecule has 0 saturated carbocycles. The standard InChI is InChI=1S/C23H27F3N2O6S2/c1-3-35(30,31)27-14-4-5-20(16-27)28(15-17-6-8-18(9-7-17)22(29)34-2)36(32,33)21-12-10-19(11-13-21)23(24,25)26/h6-13,20H,3-5,14-16H2,1-2H3. The number of esters is 1. The van der Waals surface area contributed by atoms with E-state index < -0.39 is 43.8 Å². The van der Waals surface area contributed by atoms with Crippen LogP contribution < -0.4 is 0 Å². The Bertz CT molecular complexity index is 1280. The summed E-state index contributed by atoms with van der Waals surface area (Å²) in [5.41, 5.74) is -0.214. The van der Waals surface area contributed by atoms with Crippen molar-refractivity contribution < 1.29 is 39.5 Å². The summed E-state index contributed by atoms with van der Waals surface area (Å²) in [6.07, 6.45) is -3.83. The van der Waals surface area contributed by atoms with Crippen molar-refractivity contribution in [3.05, 3.63) is 65.2 Å². The summed E-state index contributed by atoms with van der Waals surface area (Å²) in [6.45, 7) is 1.51. The molecule has 3 rings (SSSR count). The summed E-state index contributed by atoms with van der Waals surface area (Å²) in [6, 6.07) is 8.49. The van der Waals surface area contributed by atoms with Crippen molar-refractivity contribution in [1.29, 1.82) is 0 Å². The number of rotatable bonds is 8. The number of hydrogen-bond donors (Lipinski definition) is 0. The Kier molecular flexibility index (Phi) is 8.48. The van der Waals surface area contributed by atoms with Gasteiger partial charge in [-0.2, -0.15) is 17.5 Å². The molecule has 0 radical (unpaired) electrons. The molecule has 36 heavy (non-hydrogen) atoms. The summed E-state index contributed by atoms with van der Waals surface area (Å²) >= 11 is 0. The second-order valence-electron chi connectivity index (χ2n) is 8.32. The van der Waals surface area contributed by atoms with Gasteiger partial charge in [0.1, 0.15) is 0 Å². The molecule has 0 aromatic heterocycles. The topological polar surface area (TPSA) is 101 Å². The van der Waals surface area contributed by atoms with Gasteiger partial charge >= 0.3 is 12.1 Å². The lowest BCUT2D eigenvalue weighted by Gasteiger charge is -2.38. The first-order valence-electron chi connectivity index (χ1n) is 11.1. The highest BCUT2D eigenvalue weighted by atomic mass is 32.2. The molecule has 1 heterocycles. The van der Waals surface area contributed by atoms with Crippen LogP contribution in [-0.4, -0.2) is 63.4 Å². The number of carbonyl (C=O) groups is 1. The van der Waals surface area contributed by atoms with E-state index in [0.717, 1.165) is 16.4 Å². The second-order valence-corrected chi connectivity index (χ2v) is 12.5. The third-order valence-corrected chi connectivity index (χ3v) is 9.79. The van der Waals surface area contributed by atoms with Crippen molar-refractivity contribution in [2.45, 2.75) is 43.4 Å². The molecule has 1 aliphatic heterocycles. The lowest BCUT2D eigenvalue weighted by atomic mass is 10.1. The number of alkyl halides is 3. The Morgan fingerprint density at radius 2 is 1.67 bits per heavy atom. The Morgan fingerprint density at radius 3 is 2.19 bits per heavy atom. The van der Waals surface area contributed by atoms with Crippen molar-refractivity contribution in [3.8, 4) is 0 Å². The fourth-order valence-electron chi connectivity index (χ4n) is 4.00. The molecule has 1 fully saturated rings. The van der Waals surface area contributed by atoms with Crippen molar-refractivity contribution >= 4 is 26.0 Å². The SMILES string of the molecule is CCS(=O)(=O)N1CCCC(N(Cc2ccc(C(=O)OC)cc2)S(=O)(=O)c2ccc(C(F)(F)F)cc2)C1. The molecule has 0 bridgehead atoms. The van der Waals surface area contributed by atoms with E-state index in [9.17, 15) is 34.8 Å². The van der Waals surface area contributed by atoms with Crippen molar-refractivity contribution in [3.63, 3.8) is 0 Å². The number of nitrogens with zero attached hydrogens (tertiary/aromatic N) is 2. The molecule has 13 heteroatoms. The fourth-order valence-corrected chi connectivity index (χ4v) is 6.80. The highest BCUT2D eigenvalue weighted by Gasteiger charge is 2.38. The minimum absolute atomic E-state index is 0.0731. The van der Waals surface area contributed by atoms with E-state index in [1.807, 2.05) is 0 Å². The van der Waals surface area contributed by atoms with Crippen LogP contribution in [0.15, 0.2) is 53.4 Å². The van der Waals surface area contributed by atoms with Gasteiger partial charge in [-0.25, -0.2) is 25.9 Å². The van der Waals surface area contributed by atoms with Crippen LogP contribution in [0.2, 0.25) is 0 Å². The first-order valence-corrected chi connectivity index (χ1v) is 14.2. The molecule has 0 N–H and O–H groups in total. The minimum atomic E-state index is -4.62. The molecular weight excluding hydrogens is 521 g/mol. The van der Waals surface area contributed by atoms with Gasteiger partial charge in [-0.15, -0.1) is 0 Å². The number of halogens is 3. The number of sulfonamides is 2. The Balaban J connectivity index is 1.99. The molecule has 1 unspecified atom stereocenters. The van der Waals surface area contributed by atoms with E-state index in [4.69, 9.17) is 0 Å². The highest BCUT2D eigenvalue weighted by Crippen LogP contribution is 2.32. The number of hydrogen-bond acceptors (Lipinski definition) is 6. The minimum Gasteiger partial charge on any atom is -0.465 e. The smallest absolute Gasteiger partial charge is 0.416 e. The van der Waals surface area contributed by atoms with Gasteiger partial charge in [0, 0.05) is 25.7 Å². The summed E-state index contributed by atoms with van der Waals surface area (Å²) < 4.78 is 98.3. The van der Waals surface area contributed by atoms with Crippen molar-refractivity contribution in [1.82, 2.24) is 8.61 Å². The number of ether oxygens (including phenoxy) is 1. The predicted molar refractivity (Wildman–Crippen MR) is 126 cm³/mol. The first-order chi connectivity index (χ1) is 16.8. The monoisotopic (exact) mass is 548 g/mol. The quantitative estimate of drug-likeness (QED) is 0.468. The normalized spacial score (nSPS) is 17.8. The van der Waals surface area contributed by atoms with Gasteiger partial charge in [0.15, 0.2) is 0 Å². The van der Waals surface area contributed by atoms with E-state index in [-0.39, 0.29) is 35.8 Å². The van der Waals surface area contributed by atoms with E-state index in [2.05, 4.69) is 4.74 Å². The molecule has 2 aromatic carbocycles. The summed E-state index contributed by atoms with van der Waals surface area (Å²) in [5.74, 6) is -0.705. The first kappa shape index (κ1) is 28.1. The van der Waals surface area contributed by atoms with E-state index in [1.165, 1.54) is 30.5 Å². The Hall–Kier alpha value is -2.48. The third kappa shape index (κ3) is 6.25. The van der Waals surface area contributed by atoms with E-state index >= 15 is 0 Å². The van der Waals surface area contributed by atoms with Gasteiger partial charge in [0.05, 0.1) is 28.9 Å². The van der Waals surface area contributed by atoms with Crippen LogP contribution in [0.25, 0.3) is 0 Å². The molecule has 198 valence electrons.